The second kappa shape index (κ2) is 6.38. The first kappa shape index (κ1) is 13.9. The molecule has 0 radical (unpaired) electrons. The monoisotopic (exact) mass is 203 g/mol. The molecule has 0 amide bonds. The third-order valence-electron chi connectivity index (χ3n) is 2.70. The van der Waals surface area contributed by atoms with Gasteiger partial charge in [0.2, 0.25) is 0 Å². The Morgan fingerprint density at radius 3 is 2.43 bits per heavy atom. The minimum atomic E-state index is -0.271. The Morgan fingerprint density at radius 2 is 2.00 bits per heavy atom. The van der Waals surface area contributed by atoms with Gasteiger partial charge in [0.1, 0.15) is 0 Å². The van der Waals surface area contributed by atoms with Crippen LogP contribution in [0.2, 0.25) is 0 Å². The Labute approximate surface area is 88.1 Å². The van der Waals surface area contributed by atoms with E-state index >= 15 is 0 Å². The summed E-state index contributed by atoms with van der Waals surface area (Å²) in [4.78, 5) is 2.24. The Bertz CT molecular complexity index is 146. The van der Waals surface area contributed by atoms with Crippen LogP contribution in [0.15, 0.2) is 0 Å². The van der Waals surface area contributed by atoms with Crippen LogP contribution in [-0.2, 0) is 4.74 Å². The van der Waals surface area contributed by atoms with Crippen molar-refractivity contribution < 1.29 is 9.84 Å². The van der Waals surface area contributed by atoms with Crippen LogP contribution in [0.3, 0.4) is 0 Å². The van der Waals surface area contributed by atoms with Gasteiger partial charge in [-0.15, -0.1) is 0 Å². The van der Waals surface area contributed by atoms with Gasteiger partial charge < -0.3 is 14.7 Å². The molecule has 0 fully saturated rings. The molecule has 0 bridgehead atoms. The third kappa shape index (κ3) is 5.58. The lowest BCUT2D eigenvalue weighted by molar-refractivity contribution is 0.0390. The third-order valence-corrected chi connectivity index (χ3v) is 2.70. The molecule has 0 spiro atoms. The quantitative estimate of drug-likeness (QED) is 0.634. The number of aliphatic hydroxyl groups is 1. The normalized spacial score (nSPS) is 14.8. The highest BCUT2D eigenvalue weighted by atomic mass is 16.5. The van der Waals surface area contributed by atoms with Crippen molar-refractivity contribution in [3.63, 3.8) is 0 Å². The molecule has 1 N–H and O–H groups in total. The van der Waals surface area contributed by atoms with Gasteiger partial charge in [-0.25, -0.2) is 0 Å². The van der Waals surface area contributed by atoms with Gasteiger partial charge in [-0.3, -0.25) is 0 Å². The second-order valence-electron chi connectivity index (χ2n) is 4.75. The van der Waals surface area contributed by atoms with Crippen LogP contribution >= 0.6 is 0 Å². The van der Waals surface area contributed by atoms with E-state index in [1.54, 1.807) is 7.11 Å². The summed E-state index contributed by atoms with van der Waals surface area (Å²) in [6, 6.07) is 0. The molecule has 0 aromatic rings. The molecular formula is C11H25NO2. The van der Waals surface area contributed by atoms with Gasteiger partial charge in [0.15, 0.2) is 0 Å². The molecule has 14 heavy (non-hydrogen) atoms. The average Bonchev–Trinajstić information content (AvgIpc) is 2.03. The van der Waals surface area contributed by atoms with Crippen molar-refractivity contribution in [2.75, 3.05) is 33.9 Å². The van der Waals surface area contributed by atoms with Crippen molar-refractivity contribution in [3.05, 3.63) is 0 Å². The van der Waals surface area contributed by atoms with E-state index in [-0.39, 0.29) is 11.5 Å². The molecule has 86 valence electrons. The Kier molecular flexibility index (Phi) is 6.33. The molecule has 0 aromatic heterocycles. The van der Waals surface area contributed by atoms with Crippen molar-refractivity contribution in [1.29, 1.82) is 0 Å². The van der Waals surface area contributed by atoms with E-state index in [0.717, 1.165) is 26.1 Å². The fourth-order valence-electron chi connectivity index (χ4n) is 1.39. The maximum Gasteiger partial charge on any atom is 0.0575 e. The van der Waals surface area contributed by atoms with Crippen LogP contribution in [0.4, 0.5) is 0 Å². The van der Waals surface area contributed by atoms with Crippen LogP contribution in [0, 0.1) is 5.41 Å². The predicted octanol–water partition coefficient (Wildman–Crippen LogP) is 1.36. The molecule has 0 aliphatic heterocycles. The van der Waals surface area contributed by atoms with Crippen molar-refractivity contribution in [3.8, 4) is 0 Å². The van der Waals surface area contributed by atoms with Gasteiger partial charge >= 0.3 is 0 Å². The van der Waals surface area contributed by atoms with E-state index < -0.39 is 0 Å². The molecule has 0 aromatic carbocycles. The topological polar surface area (TPSA) is 32.7 Å². The summed E-state index contributed by atoms with van der Waals surface area (Å²) in [6.07, 6.45) is 0.774. The number of aliphatic hydroxyl groups excluding tert-OH is 1. The first-order valence-electron chi connectivity index (χ1n) is 5.25. The zero-order valence-electron chi connectivity index (χ0n) is 10.2. The van der Waals surface area contributed by atoms with Crippen LogP contribution < -0.4 is 0 Å². The molecule has 1 unspecified atom stereocenters. The molecule has 0 aliphatic carbocycles. The molecule has 3 nitrogen and oxygen atoms in total. The van der Waals surface area contributed by atoms with E-state index in [1.165, 1.54) is 0 Å². The summed E-state index contributed by atoms with van der Waals surface area (Å²) in [6.45, 7) is 8.76. The number of ether oxygens (including phenoxy) is 1. The van der Waals surface area contributed by atoms with Crippen molar-refractivity contribution in [2.45, 2.75) is 33.3 Å². The van der Waals surface area contributed by atoms with E-state index in [2.05, 4.69) is 25.8 Å². The Balaban J connectivity index is 3.75. The van der Waals surface area contributed by atoms with Crippen LogP contribution in [-0.4, -0.2) is 50.0 Å². The summed E-state index contributed by atoms with van der Waals surface area (Å²) in [5, 5.41) is 9.55. The maximum absolute atomic E-state index is 9.55. The molecule has 0 rings (SSSR count). The largest absolute Gasteiger partial charge is 0.393 e. The van der Waals surface area contributed by atoms with E-state index in [4.69, 9.17) is 4.74 Å². The van der Waals surface area contributed by atoms with Gasteiger partial charge in [0, 0.05) is 32.2 Å². The molecule has 0 saturated carbocycles. The van der Waals surface area contributed by atoms with Crippen LogP contribution in [0.25, 0.3) is 0 Å². The van der Waals surface area contributed by atoms with Gasteiger partial charge in [0.05, 0.1) is 6.10 Å². The zero-order chi connectivity index (χ0) is 11.2. The maximum atomic E-state index is 9.55. The molecular weight excluding hydrogens is 178 g/mol. The number of nitrogens with zero attached hydrogens (tertiary/aromatic N) is 1. The van der Waals surface area contributed by atoms with Crippen LogP contribution in [0.1, 0.15) is 27.2 Å². The zero-order valence-corrected chi connectivity index (χ0v) is 10.2. The van der Waals surface area contributed by atoms with Gasteiger partial charge in [-0.2, -0.15) is 0 Å². The summed E-state index contributed by atoms with van der Waals surface area (Å²) in [5.41, 5.74) is -0.0399. The summed E-state index contributed by atoms with van der Waals surface area (Å²) >= 11 is 0. The summed E-state index contributed by atoms with van der Waals surface area (Å²) in [5.74, 6) is 0. The summed E-state index contributed by atoms with van der Waals surface area (Å²) in [7, 11) is 3.81. The standard InChI is InChI=1S/C11H25NO2/c1-10(13)11(2,3)9-12(4)7-6-8-14-5/h10,13H,6-9H2,1-5H3. The molecule has 1 atom stereocenters. The highest BCUT2D eigenvalue weighted by molar-refractivity contribution is 4.77. The molecule has 0 saturated heterocycles. The molecule has 3 heteroatoms. The first-order chi connectivity index (χ1) is 6.40. The minimum Gasteiger partial charge on any atom is -0.393 e. The average molecular weight is 203 g/mol. The number of hydrogen-bond acceptors (Lipinski definition) is 3. The van der Waals surface area contributed by atoms with E-state index in [1.807, 2.05) is 6.92 Å². The fraction of sp³-hybridized carbons (Fsp3) is 1.00. The lowest BCUT2D eigenvalue weighted by Gasteiger charge is -2.32. The smallest absolute Gasteiger partial charge is 0.0575 e. The number of rotatable bonds is 7. The lowest BCUT2D eigenvalue weighted by Crippen LogP contribution is -2.39. The molecule has 0 heterocycles. The lowest BCUT2D eigenvalue weighted by atomic mass is 9.87. The van der Waals surface area contributed by atoms with E-state index in [9.17, 15) is 5.11 Å². The highest BCUT2D eigenvalue weighted by Crippen LogP contribution is 2.21. The highest BCUT2D eigenvalue weighted by Gasteiger charge is 2.25. The molecule has 0 aliphatic rings. The predicted molar refractivity (Wildman–Crippen MR) is 59.5 cm³/mol. The fourth-order valence-corrected chi connectivity index (χ4v) is 1.39. The van der Waals surface area contributed by atoms with Crippen molar-refractivity contribution >= 4 is 0 Å². The van der Waals surface area contributed by atoms with E-state index in [0.29, 0.717) is 0 Å². The van der Waals surface area contributed by atoms with Crippen LogP contribution in [0.5, 0.6) is 0 Å². The number of hydrogen-bond donors (Lipinski definition) is 1. The SMILES string of the molecule is COCCCN(C)CC(C)(C)C(C)O. The first-order valence-corrected chi connectivity index (χ1v) is 5.25. The van der Waals surface area contributed by atoms with Crippen molar-refractivity contribution in [1.82, 2.24) is 4.90 Å². The van der Waals surface area contributed by atoms with Crippen molar-refractivity contribution in [2.24, 2.45) is 5.41 Å². The Hall–Kier alpha value is -0.120. The van der Waals surface area contributed by atoms with Gasteiger partial charge in [-0.05, 0) is 20.4 Å². The van der Waals surface area contributed by atoms with Gasteiger partial charge in [-0.1, -0.05) is 13.8 Å². The Morgan fingerprint density at radius 1 is 1.43 bits per heavy atom. The number of methoxy groups -OCH3 is 1. The van der Waals surface area contributed by atoms with Gasteiger partial charge in [0.25, 0.3) is 0 Å². The second-order valence-corrected chi connectivity index (χ2v) is 4.75. The minimum absolute atomic E-state index is 0.0399. The summed E-state index contributed by atoms with van der Waals surface area (Å²) < 4.78 is 4.99.